The van der Waals surface area contributed by atoms with Crippen LogP contribution in [0.1, 0.15) is 5.82 Å². The summed E-state index contributed by atoms with van der Waals surface area (Å²) in [7, 11) is 1.70. The van der Waals surface area contributed by atoms with Crippen molar-refractivity contribution >= 4 is 17.4 Å². The minimum absolute atomic E-state index is 0.0535. The third-order valence-corrected chi connectivity index (χ3v) is 3.18. The predicted octanol–water partition coefficient (Wildman–Crippen LogP) is 0.234. The number of nitrogen functional groups attached to an aromatic ring is 1. The topological polar surface area (TPSA) is 93.2 Å². The molecule has 2 amide bonds. The summed E-state index contributed by atoms with van der Waals surface area (Å²) >= 11 is 0. The molecule has 0 spiro atoms. The predicted molar refractivity (Wildman–Crippen MR) is 72.8 cm³/mol. The largest absolute Gasteiger partial charge is 0.399 e. The van der Waals surface area contributed by atoms with Crippen molar-refractivity contribution < 1.29 is 4.79 Å². The zero-order chi connectivity index (χ0) is 14.1. The number of carbonyl (C=O) groups is 1. The van der Waals surface area contributed by atoms with Gasteiger partial charge in [0.1, 0.15) is 0 Å². The Morgan fingerprint density at radius 3 is 2.65 bits per heavy atom. The van der Waals surface area contributed by atoms with Crippen LogP contribution in [0.5, 0.6) is 0 Å². The molecule has 20 heavy (non-hydrogen) atoms. The van der Waals surface area contributed by atoms with Gasteiger partial charge in [0.15, 0.2) is 5.82 Å². The lowest BCUT2D eigenvalue weighted by molar-refractivity contribution is 0.217. The average molecular weight is 273 g/mol. The molecular weight excluding hydrogens is 258 g/mol. The Bertz CT molecular complexity index is 621. The Hall–Kier alpha value is -2.64. The van der Waals surface area contributed by atoms with Gasteiger partial charge in [-0.3, -0.25) is 4.90 Å². The highest BCUT2D eigenvalue weighted by atomic mass is 16.2. The molecule has 1 aliphatic rings. The van der Waals surface area contributed by atoms with Gasteiger partial charge in [0.25, 0.3) is 0 Å². The lowest BCUT2D eigenvalue weighted by Gasteiger charge is -2.17. The Balaban J connectivity index is 1.72. The normalized spacial score (nSPS) is 15.2. The molecular formula is C12H15N7O. The Morgan fingerprint density at radius 1 is 1.25 bits per heavy atom. The van der Waals surface area contributed by atoms with E-state index in [9.17, 15) is 4.79 Å². The number of benzene rings is 1. The van der Waals surface area contributed by atoms with E-state index < -0.39 is 0 Å². The standard InChI is InChI=1S/C12H15N7O/c1-17-15-11(14-16-17)8-18-6-7-19(12(18)20)10-4-2-9(13)3-5-10/h2-5H,6-8,13H2,1H3. The fraction of sp³-hybridized carbons (Fsp3) is 0.333. The van der Waals surface area contributed by atoms with E-state index >= 15 is 0 Å². The van der Waals surface area contributed by atoms with Crippen LogP contribution in [-0.2, 0) is 13.6 Å². The first-order chi connectivity index (χ1) is 9.63. The Labute approximate surface area is 115 Å². The van der Waals surface area contributed by atoms with Crippen molar-refractivity contribution in [3.63, 3.8) is 0 Å². The van der Waals surface area contributed by atoms with Gasteiger partial charge in [-0.1, -0.05) is 0 Å². The van der Waals surface area contributed by atoms with Crippen LogP contribution in [0.25, 0.3) is 0 Å². The second-order valence-electron chi connectivity index (χ2n) is 4.64. The van der Waals surface area contributed by atoms with Crippen molar-refractivity contribution in [2.75, 3.05) is 23.7 Å². The molecule has 1 aromatic heterocycles. The molecule has 1 aromatic carbocycles. The summed E-state index contributed by atoms with van der Waals surface area (Å²) in [6.45, 7) is 1.66. The van der Waals surface area contributed by atoms with E-state index in [0.29, 0.717) is 31.1 Å². The highest BCUT2D eigenvalue weighted by Crippen LogP contribution is 2.22. The van der Waals surface area contributed by atoms with Crippen LogP contribution in [0.4, 0.5) is 16.2 Å². The lowest BCUT2D eigenvalue weighted by Crippen LogP contribution is -2.31. The summed E-state index contributed by atoms with van der Waals surface area (Å²) in [6.07, 6.45) is 0. The van der Waals surface area contributed by atoms with Gasteiger partial charge >= 0.3 is 6.03 Å². The van der Waals surface area contributed by atoms with E-state index in [4.69, 9.17) is 5.73 Å². The minimum atomic E-state index is -0.0535. The lowest BCUT2D eigenvalue weighted by atomic mass is 10.2. The molecule has 0 radical (unpaired) electrons. The molecule has 2 heterocycles. The monoisotopic (exact) mass is 273 g/mol. The van der Waals surface area contributed by atoms with E-state index in [1.54, 1.807) is 29.0 Å². The molecule has 0 saturated carbocycles. The second-order valence-corrected chi connectivity index (χ2v) is 4.64. The first-order valence-corrected chi connectivity index (χ1v) is 6.28. The van der Waals surface area contributed by atoms with Gasteiger partial charge < -0.3 is 10.6 Å². The smallest absolute Gasteiger partial charge is 0.325 e. The van der Waals surface area contributed by atoms with Crippen LogP contribution in [0, 0.1) is 0 Å². The van der Waals surface area contributed by atoms with E-state index in [2.05, 4.69) is 15.4 Å². The van der Waals surface area contributed by atoms with Gasteiger partial charge in [0, 0.05) is 24.5 Å². The molecule has 104 valence electrons. The molecule has 8 nitrogen and oxygen atoms in total. The zero-order valence-corrected chi connectivity index (χ0v) is 11.1. The van der Waals surface area contributed by atoms with Crippen LogP contribution >= 0.6 is 0 Å². The van der Waals surface area contributed by atoms with Gasteiger partial charge in [0.05, 0.1) is 13.6 Å². The van der Waals surface area contributed by atoms with Crippen molar-refractivity contribution in [1.29, 1.82) is 0 Å². The zero-order valence-electron chi connectivity index (χ0n) is 11.1. The van der Waals surface area contributed by atoms with Crippen LogP contribution < -0.4 is 10.6 Å². The summed E-state index contributed by atoms with van der Waals surface area (Å²) in [5.74, 6) is 0.542. The maximum absolute atomic E-state index is 12.3. The highest BCUT2D eigenvalue weighted by Gasteiger charge is 2.30. The number of urea groups is 1. The van der Waals surface area contributed by atoms with E-state index in [0.717, 1.165) is 5.69 Å². The Kier molecular flexibility index (Phi) is 2.97. The van der Waals surface area contributed by atoms with Crippen LogP contribution in [0.3, 0.4) is 0 Å². The maximum atomic E-state index is 12.3. The van der Waals surface area contributed by atoms with E-state index in [1.807, 2.05) is 12.1 Å². The second kappa shape index (κ2) is 4.80. The number of aromatic nitrogens is 4. The molecule has 0 bridgehead atoms. The van der Waals surface area contributed by atoms with Gasteiger partial charge in [0.2, 0.25) is 0 Å². The van der Waals surface area contributed by atoms with Crippen molar-refractivity contribution in [2.24, 2.45) is 7.05 Å². The van der Waals surface area contributed by atoms with Gasteiger partial charge in [-0.2, -0.15) is 4.80 Å². The summed E-state index contributed by atoms with van der Waals surface area (Å²) in [6, 6.07) is 7.21. The fourth-order valence-electron chi connectivity index (χ4n) is 2.18. The molecule has 2 aromatic rings. The van der Waals surface area contributed by atoms with Gasteiger partial charge in [-0.05, 0) is 29.5 Å². The van der Waals surface area contributed by atoms with Crippen molar-refractivity contribution in [3.8, 4) is 0 Å². The molecule has 8 heteroatoms. The molecule has 0 unspecified atom stereocenters. The molecule has 3 rings (SSSR count). The molecule has 0 atom stereocenters. The number of nitrogens with zero attached hydrogens (tertiary/aromatic N) is 6. The van der Waals surface area contributed by atoms with Crippen LogP contribution in [0.15, 0.2) is 24.3 Å². The SMILES string of the molecule is Cn1nnc(CN2CCN(c3ccc(N)cc3)C2=O)n1. The number of amides is 2. The number of rotatable bonds is 3. The van der Waals surface area contributed by atoms with Crippen molar-refractivity contribution in [1.82, 2.24) is 25.1 Å². The first-order valence-electron chi connectivity index (χ1n) is 6.28. The number of hydrogen-bond acceptors (Lipinski definition) is 5. The third kappa shape index (κ3) is 2.27. The summed E-state index contributed by atoms with van der Waals surface area (Å²) in [5.41, 5.74) is 7.18. The van der Waals surface area contributed by atoms with Crippen molar-refractivity contribution in [2.45, 2.75) is 6.54 Å². The number of anilines is 2. The van der Waals surface area contributed by atoms with Crippen molar-refractivity contribution in [3.05, 3.63) is 30.1 Å². The number of tetrazole rings is 1. The number of carbonyl (C=O) groups excluding carboxylic acids is 1. The summed E-state index contributed by atoms with van der Waals surface area (Å²) in [5, 5.41) is 11.7. The maximum Gasteiger partial charge on any atom is 0.325 e. The van der Waals surface area contributed by atoms with Gasteiger partial charge in [-0.15, -0.1) is 10.2 Å². The number of aryl methyl sites for hydroxylation is 1. The van der Waals surface area contributed by atoms with Crippen LogP contribution in [0.2, 0.25) is 0 Å². The van der Waals surface area contributed by atoms with E-state index in [-0.39, 0.29) is 6.03 Å². The molecule has 0 aliphatic carbocycles. The highest BCUT2D eigenvalue weighted by molar-refractivity contribution is 5.94. The average Bonchev–Trinajstić information content (AvgIpc) is 2.99. The Morgan fingerprint density at radius 2 is 2.00 bits per heavy atom. The summed E-state index contributed by atoms with van der Waals surface area (Å²) < 4.78 is 0. The molecule has 1 fully saturated rings. The minimum Gasteiger partial charge on any atom is -0.399 e. The van der Waals surface area contributed by atoms with Crippen LogP contribution in [-0.4, -0.2) is 44.2 Å². The first kappa shape index (κ1) is 12.4. The molecule has 1 aliphatic heterocycles. The third-order valence-electron chi connectivity index (χ3n) is 3.18. The molecule has 1 saturated heterocycles. The van der Waals surface area contributed by atoms with E-state index in [1.165, 1.54) is 4.80 Å². The van der Waals surface area contributed by atoms with Gasteiger partial charge in [-0.25, -0.2) is 4.79 Å². The molecule has 2 N–H and O–H groups in total. The summed E-state index contributed by atoms with van der Waals surface area (Å²) in [4.78, 5) is 17.1. The number of nitrogens with two attached hydrogens (primary N) is 1. The fourth-order valence-corrected chi connectivity index (χ4v) is 2.18. The number of hydrogen-bond donors (Lipinski definition) is 1. The quantitative estimate of drug-likeness (QED) is 0.808.